The van der Waals surface area contributed by atoms with Crippen LogP contribution in [0.3, 0.4) is 0 Å². The number of aryl methyl sites for hydroxylation is 2. The molecule has 0 bridgehead atoms. The van der Waals surface area contributed by atoms with Gasteiger partial charge in [0.1, 0.15) is 12.1 Å². The first-order chi connectivity index (χ1) is 12.7. The van der Waals surface area contributed by atoms with Crippen LogP contribution < -0.4 is 5.32 Å². The Morgan fingerprint density at radius 1 is 1.12 bits per heavy atom. The van der Waals surface area contributed by atoms with Gasteiger partial charge in [-0.15, -0.1) is 0 Å². The fraction of sp³-hybridized carbons (Fsp3) is 0.278. The van der Waals surface area contributed by atoms with Gasteiger partial charge in [-0.25, -0.2) is 15.0 Å². The minimum Gasteiger partial charge on any atom is -0.365 e. The average molecular weight is 348 g/mol. The maximum absolute atomic E-state index is 4.57. The summed E-state index contributed by atoms with van der Waals surface area (Å²) < 4.78 is 3.73. The summed E-state index contributed by atoms with van der Waals surface area (Å²) in [5.74, 6) is 1.48. The Morgan fingerprint density at radius 2 is 2.00 bits per heavy atom. The number of fused-ring (bicyclic) bond motifs is 1. The smallest absolute Gasteiger partial charge is 0.170 e. The van der Waals surface area contributed by atoms with E-state index in [9.17, 15) is 0 Å². The van der Waals surface area contributed by atoms with Gasteiger partial charge in [0.2, 0.25) is 0 Å². The number of aromatic nitrogens is 7. The molecule has 0 unspecified atom stereocenters. The first-order valence-electron chi connectivity index (χ1n) is 8.56. The van der Waals surface area contributed by atoms with Crippen molar-refractivity contribution in [3.8, 4) is 5.82 Å². The Labute approximate surface area is 150 Å². The van der Waals surface area contributed by atoms with Crippen molar-refractivity contribution in [1.82, 2.24) is 34.5 Å². The Morgan fingerprint density at radius 3 is 2.73 bits per heavy atom. The molecule has 4 aromatic heterocycles. The lowest BCUT2D eigenvalue weighted by molar-refractivity contribution is 0.633. The predicted molar refractivity (Wildman–Crippen MR) is 99.2 cm³/mol. The number of hydrogen-bond donors (Lipinski definition) is 1. The molecule has 0 aliphatic carbocycles. The van der Waals surface area contributed by atoms with E-state index in [1.165, 1.54) is 11.3 Å². The molecule has 4 rings (SSSR count). The van der Waals surface area contributed by atoms with Gasteiger partial charge >= 0.3 is 0 Å². The molecule has 8 heteroatoms. The van der Waals surface area contributed by atoms with Gasteiger partial charge < -0.3 is 5.32 Å². The largest absolute Gasteiger partial charge is 0.365 e. The molecule has 0 spiro atoms. The molecule has 0 aliphatic rings. The van der Waals surface area contributed by atoms with E-state index in [0.29, 0.717) is 6.54 Å². The minimum absolute atomic E-state index is 0.651. The molecule has 4 aromatic rings. The summed E-state index contributed by atoms with van der Waals surface area (Å²) in [5.41, 5.74) is 4.12. The molecule has 0 aliphatic heterocycles. The molecule has 0 radical (unpaired) electrons. The fourth-order valence-corrected chi connectivity index (χ4v) is 3.10. The fourth-order valence-electron chi connectivity index (χ4n) is 3.10. The summed E-state index contributed by atoms with van der Waals surface area (Å²) in [7, 11) is 0. The molecule has 132 valence electrons. The summed E-state index contributed by atoms with van der Waals surface area (Å²) in [6, 6.07) is 5.69. The zero-order valence-electron chi connectivity index (χ0n) is 15.0. The van der Waals surface area contributed by atoms with Crippen LogP contribution in [0.2, 0.25) is 0 Å². The van der Waals surface area contributed by atoms with Crippen molar-refractivity contribution in [2.45, 2.75) is 33.9 Å². The van der Waals surface area contributed by atoms with E-state index in [0.717, 1.165) is 34.9 Å². The molecule has 8 nitrogen and oxygen atoms in total. The predicted octanol–water partition coefficient (Wildman–Crippen LogP) is 2.66. The molecular weight excluding hydrogens is 328 g/mol. The molecule has 0 saturated heterocycles. The van der Waals surface area contributed by atoms with Crippen molar-refractivity contribution in [1.29, 1.82) is 0 Å². The number of hydrogen-bond acceptors (Lipinski definition) is 6. The van der Waals surface area contributed by atoms with Gasteiger partial charge in [0, 0.05) is 30.5 Å². The quantitative estimate of drug-likeness (QED) is 0.597. The van der Waals surface area contributed by atoms with Crippen LogP contribution in [0, 0.1) is 13.8 Å². The highest BCUT2D eigenvalue weighted by Crippen LogP contribution is 2.22. The van der Waals surface area contributed by atoms with Crippen LogP contribution in [-0.2, 0) is 13.1 Å². The van der Waals surface area contributed by atoms with Crippen molar-refractivity contribution in [2.24, 2.45) is 0 Å². The van der Waals surface area contributed by atoms with Crippen LogP contribution in [0.15, 0.2) is 36.9 Å². The first-order valence-corrected chi connectivity index (χ1v) is 8.56. The highest BCUT2D eigenvalue weighted by atomic mass is 15.3. The van der Waals surface area contributed by atoms with E-state index >= 15 is 0 Å². The molecule has 26 heavy (non-hydrogen) atoms. The monoisotopic (exact) mass is 348 g/mol. The van der Waals surface area contributed by atoms with Crippen LogP contribution in [-0.4, -0.2) is 34.5 Å². The second-order valence-electron chi connectivity index (χ2n) is 6.02. The van der Waals surface area contributed by atoms with E-state index in [2.05, 4.69) is 44.3 Å². The zero-order valence-corrected chi connectivity index (χ0v) is 15.0. The van der Waals surface area contributed by atoms with Gasteiger partial charge in [-0.05, 0) is 32.9 Å². The number of nitrogens with zero attached hydrogens (tertiary/aromatic N) is 7. The maximum atomic E-state index is 4.57. The van der Waals surface area contributed by atoms with Gasteiger partial charge in [-0.3, -0.25) is 4.68 Å². The molecule has 1 N–H and O–H groups in total. The van der Waals surface area contributed by atoms with Gasteiger partial charge in [-0.2, -0.15) is 14.9 Å². The van der Waals surface area contributed by atoms with Crippen LogP contribution in [0.4, 0.5) is 5.82 Å². The molecule has 0 fully saturated rings. The molecule has 0 saturated carbocycles. The highest BCUT2D eigenvalue weighted by Gasteiger charge is 2.14. The first kappa shape index (κ1) is 16.2. The third-order valence-electron chi connectivity index (χ3n) is 4.50. The topological polar surface area (TPSA) is 86.3 Å². The van der Waals surface area contributed by atoms with Crippen molar-refractivity contribution in [3.05, 3.63) is 53.9 Å². The second-order valence-corrected chi connectivity index (χ2v) is 6.02. The normalized spacial score (nSPS) is 11.2. The third-order valence-corrected chi connectivity index (χ3v) is 4.50. The van der Waals surface area contributed by atoms with Crippen molar-refractivity contribution >= 4 is 16.9 Å². The van der Waals surface area contributed by atoms with Crippen LogP contribution in [0.5, 0.6) is 0 Å². The van der Waals surface area contributed by atoms with Gasteiger partial charge in [-0.1, -0.05) is 6.07 Å². The zero-order chi connectivity index (χ0) is 18.1. The summed E-state index contributed by atoms with van der Waals surface area (Å²) in [6.07, 6.45) is 5.04. The third kappa shape index (κ3) is 2.69. The standard InChI is InChI=1S/C18H20N8/c1-4-25-13(3)14(12(2)24-25)9-20-17-15-10-23-26(18(15)22-11-21-17)16-7-5-6-8-19-16/h5-8,10-11H,4,9H2,1-3H3,(H,20,21,22). The van der Waals surface area contributed by atoms with E-state index in [1.807, 2.05) is 29.8 Å². The van der Waals surface area contributed by atoms with E-state index < -0.39 is 0 Å². The Bertz CT molecular complexity index is 1050. The maximum Gasteiger partial charge on any atom is 0.170 e. The summed E-state index contributed by atoms with van der Waals surface area (Å²) in [5, 5.41) is 13.3. The Kier molecular flexibility index (Phi) is 4.08. The summed E-state index contributed by atoms with van der Waals surface area (Å²) in [4.78, 5) is 13.1. The van der Waals surface area contributed by atoms with Crippen LogP contribution >= 0.6 is 0 Å². The lowest BCUT2D eigenvalue weighted by Gasteiger charge is -2.07. The molecule has 0 aromatic carbocycles. The van der Waals surface area contributed by atoms with Gasteiger partial charge in [0.25, 0.3) is 0 Å². The minimum atomic E-state index is 0.651. The van der Waals surface area contributed by atoms with Gasteiger partial charge in [0.05, 0.1) is 17.3 Å². The molecular formula is C18H20N8. The van der Waals surface area contributed by atoms with Crippen molar-refractivity contribution in [3.63, 3.8) is 0 Å². The molecule has 0 amide bonds. The Hall–Kier alpha value is -3.29. The number of nitrogens with one attached hydrogen (secondary N) is 1. The lowest BCUT2D eigenvalue weighted by Crippen LogP contribution is -2.05. The van der Waals surface area contributed by atoms with Crippen molar-refractivity contribution < 1.29 is 0 Å². The second kappa shape index (κ2) is 6.55. The number of pyridine rings is 1. The SMILES string of the molecule is CCn1nc(C)c(CNc2ncnc3c2cnn3-c2ccccn2)c1C. The van der Waals surface area contributed by atoms with E-state index in [4.69, 9.17) is 0 Å². The Balaban J connectivity index is 1.66. The van der Waals surface area contributed by atoms with Crippen molar-refractivity contribution in [2.75, 3.05) is 5.32 Å². The van der Waals surface area contributed by atoms with E-state index in [1.54, 1.807) is 23.4 Å². The highest BCUT2D eigenvalue weighted by molar-refractivity contribution is 5.86. The van der Waals surface area contributed by atoms with Crippen LogP contribution in [0.1, 0.15) is 23.9 Å². The summed E-state index contributed by atoms with van der Waals surface area (Å²) >= 11 is 0. The van der Waals surface area contributed by atoms with Gasteiger partial charge in [0.15, 0.2) is 11.5 Å². The summed E-state index contributed by atoms with van der Waals surface area (Å²) in [6.45, 7) is 7.73. The number of anilines is 1. The van der Waals surface area contributed by atoms with Crippen LogP contribution in [0.25, 0.3) is 16.9 Å². The number of rotatable bonds is 5. The molecule has 4 heterocycles. The van der Waals surface area contributed by atoms with E-state index in [-0.39, 0.29) is 0 Å². The average Bonchev–Trinajstić information content (AvgIpc) is 3.22. The lowest BCUT2D eigenvalue weighted by atomic mass is 10.2. The molecule has 0 atom stereocenters.